The van der Waals surface area contributed by atoms with Crippen molar-refractivity contribution in [3.05, 3.63) is 51.0 Å². The van der Waals surface area contributed by atoms with Crippen LogP contribution in [0.5, 0.6) is 0 Å². The lowest BCUT2D eigenvalue weighted by Crippen LogP contribution is -2.07. The maximum absolute atomic E-state index is 12.2. The number of benzene rings is 1. The molecular weight excluding hydrogens is 256 g/mol. The highest BCUT2D eigenvalue weighted by Crippen LogP contribution is 2.16. The summed E-state index contributed by atoms with van der Waals surface area (Å²) >= 11 is 1.51. The van der Waals surface area contributed by atoms with Gasteiger partial charge in [0.2, 0.25) is 0 Å². The Morgan fingerprint density at radius 3 is 2.89 bits per heavy atom. The van der Waals surface area contributed by atoms with Crippen LogP contribution in [-0.2, 0) is 12.8 Å². The molecule has 1 aromatic carbocycles. The molecular formula is C15H18N2OS. The molecule has 0 saturated heterocycles. The van der Waals surface area contributed by atoms with Gasteiger partial charge in [-0.25, -0.2) is 4.98 Å². The molecule has 19 heavy (non-hydrogen) atoms. The molecule has 100 valence electrons. The number of aryl methyl sites for hydroxylation is 2. The third kappa shape index (κ3) is 3.49. The van der Waals surface area contributed by atoms with Crippen LogP contribution in [0.4, 0.5) is 0 Å². The van der Waals surface area contributed by atoms with Crippen LogP contribution in [0.2, 0.25) is 0 Å². The van der Waals surface area contributed by atoms with E-state index in [1.54, 1.807) is 0 Å². The molecule has 0 atom stereocenters. The summed E-state index contributed by atoms with van der Waals surface area (Å²) in [6, 6.07) is 6.19. The van der Waals surface area contributed by atoms with E-state index in [1.165, 1.54) is 16.9 Å². The molecule has 0 aliphatic carbocycles. The van der Waals surface area contributed by atoms with Crippen molar-refractivity contribution < 1.29 is 4.79 Å². The van der Waals surface area contributed by atoms with Crippen molar-refractivity contribution in [2.45, 2.75) is 26.7 Å². The molecule has 0 bridgehead atoms. The van der Waals surface area contributed by atoms with Crippen molar-refractivity contribution in [2.75, 3.05) is 6.54 Å². The van der Waals surface area contributed by atoms with Crippen LogP contribution >= 0.6 is 11.3 Å². The summed E-state index contributed by atoms with van der Waals surface area (Å²) in [6.07, 6.45) is 1.15. The molecule has 2 rings (SSSR count). The van der Waals surface area contributed by atoms with Gasteiger partial charge in [0, 0.05) is 18.2 Å². The minimum atomic E-state index is 0.0771. The van der Waals surface area contributed by atoms with Gasteiger partial charge in [-0.15, -0.1) is 11.3 Å². The second kappa shape index (κ2) is 6.08. The number of nitrogens with zero attached hydrogens (tertiary/aromatic N) is 1. The predicted octanol–water partition coefficient (Wildman–Crippen LogP) is 2.69. The average molecular weight is 274 g/mol. The second-order valence-electron chi connectivity index (χ2n) is 4.70. The fourth-order valence-electron chi connectivity index (χ4n) is 1.93. The Balaban J connectivity index is 2.13. The molecule has 0 aliphatic rings. The summed E-state index contributed by atoms with van der Waals surface area (Å²) in [6.45, 7) is 4.64. The Morgan fingerprint density at radius 2 is 2.16 bits per heavy atom. The van der Waals surface area contributed by atoms with Crippen molar-refractivity contribution >= 4 is 17.1 Å². The molecule has 0 radical (unpaired) electrons. The molecule has 0 amide bonds. The van der Waals surface area contributed by atoms with E-state index in [1.807, 2.05) is 19.2 Å². The number of Topliss-reactive ketones (excluding diaryl/α,β-unsaturated/α-hetero) is 1. The third-order valence-corrected chi connectivity index (χ3v) is 3.96. The fraction of sp³-hybridized carbons (Fsp3) is 0.333. The Labute approximate surface area is 117 Å². The highest BCUT2D eigenvalue weighted by molar-refractivity contribution is 7.09. The maximum atomic E-state index is 12.2. The van der Waals surface area contributed by atoms with Crippen LogP contribution in [0.3, 0.4) is 0 Å². The van der Waals surface area contributed by atoms with E-state index < -0.39 is 0 Å². The van der Waals surface area contributed by atoms with Crippen LogP contribution < -0.4 is 5.73 Å². The topological polar surface area (TPSA) is 56.0 Å². The first-order valence-corrected chi connectivity index (χ1v) is 7.22. The molecule has 4 heteroatoms. The lowest BCUT2D eigenvalue weighted by molar-refractivity contribution is 0.0988. The zero-order chi connectivity index (χ0) is 13.8. The van der Waals surface area contributed by atoms with E-state index in [4.69, 9.17) is 5.73 Å². The van der Waals surface area contributed by atoms with Gasteiger partial charge < -0.3 is 5.73 Å². The van der Waals surface area contributed by atoms with E-state index >= 15 is 0 Å². The number of nitrogens with two attached hydrogens (primary N) is 1. The quantitative estimate of drug-likeness (QED) is 0.853. The van der Waals surface area contributed by atoms with Crippen LogP contribution in [0.25, 0.3) is 0 Å². The lowest BCUT2D eigenvalue weighted by atomic mass is 10.00. The molecule has 0 spiro atoms. The summed E-state index contributed by atoms with van der Waals surface area (Å²) in [5.41, 5.74) is 9.46. The standard InChI is InChI=1S/C15H18N2OS/c1-10-3-4-11(2)12(7-10)8-14(18)13-9-19-15(17-13)5-6-16/h3-4,7,9H,5-6,8,16H2,1-2H3. The van der Waals surface area contributed by atoms with Gasteiger partial charge in [0.05, 0.1) is 5.01 Å². The van der Waals surface area contributed by atoms with Gasteiger partial charge in [-0.2, -0.15) is 0 Å². The fourth-order valence-corrected chi connectivity index (χ4v) is 2.75. The number of carbonyl (C=O) groups is 1. The maximum Gasteiger partial charge on any atom is 0.186 e. The monoisotopic (exact) mass is 274 g/mol. The van der Waals surface area contributed by atoms with E-state index in [0.717, 1.165) is 22.6 Å². The van der Waals surface area contributed by atoms with Gasteiger partial charge in [-0.3, -0.25) is 4.79 Å². The molecule has 2 N–H and O–H groups in total. The Bertz CT molecular complexity index is 590. The van der Waals surface area contributed by atoms with Crippen LogP contribution in [0.1, 0.15) is 32.2 Å². The van der Waals surface area contributed by atoms with Crippen molar-refractivity contribution in [3.8, 4) is 0 Å². The number of carbonyl (C=O) groups excluding carboxylic acids is 1. The van der Waals surface area contributed by atoms with Gasteiger partial charge in [0.1, 0.15) is 5.69 Å². The smallest absolute Gasteiger partial charge is 0.186 e. The summed E-state index contributed by atoms with van der Waals surface area (Å²) in [7, 11) is 0. The Hall–Kier alpha value is -1.52. The highest BCUT2D eigenvalue weighted by Gasteiger charge is 2.12. The van der Waals surface area contributed by atoms with Crippen molar-refractivity contribution in [3.63, 3.8) is 0 Å². The van der Waals surface area contributed by atoms with E-state index in [2.05, 4.69) is 23.2 Å². The first-order valence-electron chi connectivity index (χ1n) is 6.34. The number of rotatable bonds is 5. The second-order valence-corrected chi connectivity index (χ2v) is 5.64. The zero-order valence-electron chi connectivity index (χ0n) is 11.3. The van der Waals surface area contributed by atoms with Crippen molar-refractivity contribution in [2.24, 2.45) is 5.73 Å². The normalized spacial score (nSPS) is 10.7. The summed E-state index contributed by atoms with van der Waals surface area (Å²) in [5.74, 6) is 0.0771. The molecule has 1 heterocycles. The van der Waals surface area contributed by atoms with Gasteiger partial charge in [0.15, 0.2) is 5.78 Å². The number of aromatic nitrogens is 1. The molecule has 2 aromatic rings. The summed E-state index contributed by atoms with van der Waals surface area (Å²) in [5, 5.41) is 2.77. The van der Waals surface area contributed by atoms with Crippen LogP contribution in [0, 0.1) is 13.8 Å². The number of ketones is 1. The molecule has 0 fully saturated rings. The van der Waals surface area contributed by atoms with E-state index in [-0.39, 0.29) is 5.78 Å². The van der Waals surface area contributed by atoms with E-state index in [9.17, 15) is 4.79 Å². The third-order valence-electron chi connectivity index (χ3n) is 3.05. The molecule has 3 nitrogen and oxygen atoms in total. The minimum absolute atomic E-state index is 0.0771. The van der Waals surface area contributed by atoms with Gasteiger partial charge in [0.25, 0.3) is 0 Å². The summed E-state index contributed by atoms with van der Waals surface area (Å²) < 4.78 is 0. The Kier molecular flexibility index (Phi) is 4.45. The minimum Gasteiger partial charge on any atom is -0.330 e. The largest absolute Gasteiger partial charge is 0.330 e. The molecule has 1 aromatic heterocycles. The van der Waals surface area contributed by atoms with Crippen LogP contribution in [0.15, 0.2) is 23.6 Å². The first-order chi connectivity index (χ1) is 9.10. The number of thiazole rings is 1. The first kappa shape index (κ1) is 13.9. The summed E-state index contributed by atoms with van der Waals surface area (Å²) in [4.78, 5) is 16.5. The van der Waals surface area contributed by atoms with Crippen molar-refractivity contribution in [1.29, 1.82) is 0 Å². The van der Waals surface area contributed by atoms with Gasteiger partial charge >= 0.3 is 0 Å². The molecule has 0 aliphatic heterocycles. The van der Waals surface area contributed by atoms with Crippen LogP contribution in [-0.4, -0.2) is 17.3 Å². The molecule has 0 saturated carbocycles. The van der Waals surface area contributed by atoms with E-state index in [0.29, 0.717) is 18.7 Å². The van der Waals surface area contributed by atoms with Gasteiger partial charge in [-0.1, -0.05) is 23.8 Å². The number of hydrogen-bond donors (Lipinski definition) is 1. The van der Waals surface area contributed by atoms with Gasteiger partial charge in [-0.05, 0) is 31.5 Å². The SMILES string of the molecule is Cc1ccc(C)c(CC(=O)c2csc(CCN)n2)c1. The lowest BCUT2D eigenvalue weighted by Gasteiger charge is -2.05. The molecule has 0 unspecified atom stereocenters. The zero-order valence-corrected chi connectivity index (χ0v) is 12.1. The highest BCUT2D eigenvalue weighted by atomic mass is 32.1. The average Bonchev–Trinajstić information content (AvgIpc) is 2.83. The predicted molar refractivity (Wildman–Crippen MR) is 78.8 cm³/mol. The Morgan fingerprint density at radius 1 is 1.37 bits per heavy atom. The number of hydrogen-bond acceptors (Lipinski definition) is 4. The van der Waals surface area contributed by atoms with Crippen molar-refractivity contribution in [1.82, 2.24) is 4.98 Å².